The monoisotopic (exact) mass is 394 g/mol. The molecule has 8 heteroatoms. The minimum Gasteiger partial charge on any atom is -0.399 e. The van der Waals surface area contributed by atoms with Crippen molar-refractivity contribution in [3.8, 4) is 0 Å². The van der Waals surface area contributed by atoms with Gasteiger partial charge in [0.25, 0.3) is 0 Å². The van der Waals surface area contributed by atoms with Crippen molar-refractivity contribution in [1.29, 1.82) is 0 Å². The number of rotatable bonds is 4. The summed E-state index contributed by atoms with van der Waals surface area (Å²) in [5.74, 6) is 0.223. The van der Waals surface area contributed by atoms with Crippen LogP contribution in [0.4, 0.5) is 0 Å². The Hall–Kier alpha value is -0.925. The van der Waals surface area contributed by atoms with Crippen LogP contribution in [0, 0.1) is 12.8 Å². The van der Waals surface area contributed by atoms with Gasteiger partial charge in [-0.25, -0.2) is 8.42 Å². The van der Waals surface area contributed by atoms with E-state index in [2.05, 4.69) is 0 Å². The third-order valence-corrected chi connectivity index (χ3v) is 7.89. The van der Waals surface area contributed by atoms with Crippen molar-refractivity contribution in [1.82, 2.24) is 4.31 Å². The van der Waals surface area contributed by atoms with Crippen LogP contribution in [0.5, 0.6) is 0 Å². The number of nitrogens with two attached hydrogens (primary N) is 1. The second-order valence-electron chi connectivity index (χ2n) is 8.77. The van der Waals surface area contributed by atoms with Crippen molar-refractivity contribution in [2.24, 2.45) is 11.7 Å². The first-order valence-corrected chi connectivity index (χ1v) is 11.1. The van der Waals surface area contributed by atoms with E-state index in [0.717, 1.165) is 23.9 Å². The van der Waals surface area contributed by atoms with E-state index in [1.54, 1.807) is 16.4 Å². The van der Waals surface area contributed by atoms with Crippen LogP contribution >= 0.6 is 0 Å². The topological polar surface area (TPSA) is 81.9 Å². The van der Waals surface area contributed by atoms with Crippen molar-refractivity contribution in [3.05, 3.63) is 23.8 Å². The fraction of sp³-hybridized carbons (Fsp3) is 0.684. The fourth-order valence-corrected chi connectivity index (χ4v) is 5.32. The number of hydrogen-bond acceptors (Lipinski definition) is 5. The van der Waals surface area contributed by atoms with Crippen molar-refractivity contribution in [2.75, 3.05) is 19.6 Å². The van der Waals surface area contributed by atoms with Crippen molar-refractivity contribution < 1.29 is 17.7 Å². The first-order chi connectivity index (χ1) is 12.5. The highest BCUT2D eigenvalue weighted by Crippen LogP contribution is 2.36. The molecule has 2 fully saturated rings. The Morgan fingerprint density at radius 2 is 1.81 bits per heavy atom. The third-order valence-electron chi connectivity index (χ3n) is 6.05. The summed E-state index contributed by atoms with van der Waals surface area (Å²) in [7, 11) is -4.15. The molecule has 0 radical (unpaired) electrons. The second-order valence-corrected chi connectivity index (χ2v) is 10.7. The van der Waals surface area contributed by atoms with E-state index in [1.807, 2.05) is 40.7 Å². The Morgan fingerprint density at radius 3 is 2.41 bits per heavy atom. The lowest BCUT2D eigenvalue weighted by atomic mass is 9.78. The van der Waals surface area contributed by atoms with Gasteiger partial charge in [-0.3, -0.25) is 0 Å². The Morgan fingerprint density at radius 1 is 1.19 bits per heavy atom. The van der Waals surface area contributed by atoms with Crippen molar-refractivity contribution >= 4 is 22.6 Å². The Bertz CT molecular complexity index is 794. The average molecular weight is 394 g/mol. The van der Waals surface area contributed by atoms with Crippen LogP contribution < -0.4 is 11.2 Å². The largest absolute Gasteiger partial charge is 0.494 e. The molecule has 0 aliphatic carbocycles. The number of sulfonamides is 1. The van der Waals surface area contributed by atoms with E-state index in [4.69, 9.17) is 15.0 Å². The predicted molar refractivity (Wildman–Crippen MR) is 107 cm³/mol. The van der Waals surface area contributed by atoms with Gasteiger partial charge in [0, 0.05) is 13.1 Å². The maximum absolute atomic E-state index is 13.2. The molecule has 1 aromatic carbocycles. The summed E-state index contributed by atoms with van der Waals surface area (Å²) in [4.78, 5) is 0.296. The Labute approximate surface area is 163 Å². The van der Waals surface area contributed by atoms with Gasteiger partial charge in [0.1, 0.15) is 0 Å². The van der Waals surface area contributed by atoms with Crippen LogP contribution in [0.15, 0.2) is 23.1 Å². The lowest BCUT2D eigenvalue weighted by molar-refractivity contribution is 0.00578. The van der Waals surface area contributed by atoms with Crippen LogP contribution in [-0.4, -0.2) is 50.7 Å². The van der Waals surface area contributed by atoms with Gasteiger partial charge < -0.3 is 15.0 Å². The van der Waals surface area contributed by atoms with Crippen molar-refractivity contribution in [3.63, 3.8) is 0 Å². The van der Waals surface area contributed by atoms with E-state index >= 15 is 0 Å². The molecule has 2 heterocycles. The minimum absolute atomic E-state index is 0.223. The fourth-order valence-electron chi connectivity index (χ4n) is 3.63. The van der Waals surface area contributed by atoms with E-state index < -0.39 is 28.3 Å². The number of benzene rings is 1. The third kappa shape index (κ3) is 3.96. The van der Waals surface area contributed by atoms with Crippen LogP contribution in [0.2, 0.25) is 0 Å². The van der Waals surface area contributed by atoms with Crippen molar-refractivity contribution in [2.45, 2.75) is 63.6 Å². The molecule has 0 aromatic heterocycles. The van der Waals surface area contributed by atoms with Gasteiger partial charge in [0.15, 0.2) is 0 Å². The molecule has 0 amide bonds. The average Bonchev–Trinajstić information content (AvgIpc) is 2.82. The van der Waals surface area contributed by atoms with Gasteiger partial charge >= 0.3 is 7.12 Å². The number of nitrogens with zero attached hydrogens (tertiary/aromatic N) is 1. The molecule has 0 saturated carbocycles. The number of hydrogen-bond donors (Lipinski definition) is 1. The molecule has 0 bridgehead atoms. The smallest absolute Gasteiger partial charge is 0.399 e. The Balaban J connectivity index is 1.92. The van der Waals surface area contributed by atoms with Gasteiger partial charge in [-0.2, -0.15) is 4.31 Å². The summed E-state index contributed by atoms with van der Waals surface area (Å²) in [5.41, 5.74) is 6.44. The van der Waals surface area contributed by atoms with E-state index in [0.29, 0.717) is 24.5 Å². The van der Waals surface area contributed by atoms with Crippen LogP contribution in [0.1, 0.15) is 46.1 Å². The van der Waals surface area contributed by atoms with E-state index in [1.165, 1.54) is 0 Å². The zero-order valence-electron chi connectivity index (χ0n) is 17.0. The second kappa shape index (κ2) is 7.15. The molecular weight excluding hydrogens is 363 g/mol. The minimum atomic E-state index is -3.57. The quantitative estimate of drug-likeness (QED) is 0.786. The van der Waals surface area contributed by atoms with Crippen LogP contribution in [0.25, 0.3) is 0 Å². The summed E-state index contributed by atoms with van der Waals surface area (Å²) in [6, 6.07) is 5.34. The first kappa shape index (κ1) is 20.8. The highest BCUT2D eigenvalue weighted by Gasteiger charge is 2.52. The molecule has 27 heavy (non-hydrogen) atoms. The summed E-state index contributed by atoms with van der Waals surface area (Å²) in [6.45, 7) is 11.4. The molecule has 150 valence electrons. The summed E-state index contributed by atoms with van der Waals surface area (Å²) < 4.78 is 40.2. The predicted octanol–water partition coefficient (Wildman–Crippen LogP) is 1.65. The molecule has 6 nitrogen and oxygen atoms in total. The standard InChI is InChI=1S/C19H31BN2O4S/c1-14-9-16(20-25-18(2,3)19(4,5)26-20)11-17(10-14)27(23,24)22-8-6-7-15(12-21)13-22/h9-11,15H,6-8,12-13,21H2,1-5H3. The van der Waals surface area contributed by atoms with Crippen LogP contribution in [0.3, 0.4) is 0 Å². The summed E-state index contributed by atoms with van der Waals surface area (Å²) in [5, 5.41) is 0. The van der Waals surface area contributed by atoms with Gasteiger partial charge in [-0.05, 0) is 77.5 Å². The van der Waals surface area contributed by atoms with E-state index in [-0.39, 0.29) is 5.92 Å². The lowest BCUT2D eigenvalue weighted by Crippen LogP contribution is -2.42. The summed E-state index contributed by atoms with van der Waals surface area (Å²) in [6.07, 6.45) is 1.83. The highest BCUT2D eigenvalue weighted by atomic mass is 32.2. The molecule has 2 saturated heterocycles. The van der Waals surface area contributed by atoms with Gasteiger partial charge in [-0.15, -0.1) is 0 Å². The van der Waals surface area contributed by atoms with Gasteiger partial charge in [0.05, 0.1) is 16.1 Å². The molecule has 2 N–H and O–H groups in total. The molecule has 1 unspecified atom stereocenters. The van der Waals surface area contributed by atoms with Crippen LogP contribution in [-0.2, 0) is 19.3 Å². The zero-order valence-corrected chi connectivity index (χ0v) is 17.8. The molecule has 3 rings (SSSR count). The van der Waals surface area contributed by atoms with E-state index in [9.17, 15) is 8.42 Å². The molecule has 2 aliphatic rings. The number of aryl methyl sites for hydroxylation is 1. The first-order valence-electron chi connectivity index (χ1n) is 9.64. The maximum Gasteiger partial charge on any atom is 0.494 e. The summed E-state index contributed by atoms with van der Waals surface area (Å²) >= 11 is 0. The normalized spacial score (nSPS) is 25.7. The number of piperidine rings is 1. The zero-order chi connectivity index (χ0) is 20.0. The molecule has 1 aromatic rings. The molecule has 0 spiro atoms. The van der Waals surface area contributed by atoms with Gasteiger partial charge in [0.2, 0.25) is 10.0 Å². The SMILES string of the molecule is Cc1cc(B2OC(C)(C)C(C)(C)O2)cc(S(=O)(=O)N2CCCC(CN)C2)c1. The molecule has 1 atom stereocenters. The molecule has 2 aliphatic heterocycles. The Kier molecular flexibility index (Phi) is 5.51. The maximum atomic E-state index is 13.2. The lowest BCUT2D eigenvalue weighted by Gasteiger charge is -2.32. The highest BCUT2D eigenvalue weighted by molar-refractivity contribution is 7.89. The van der Waals surface area contributed by atoms with Gasteiger partial charge in [-0.1, -0.05) is 11.6 Å². The molecular formula is C19H31BN2O4S.